The molecular weight excluding hydrogens is 250 g/mol. The van der Waals surface area contributed by atoms with Crippen LogP contribution in [0.15, 0.2) is 22.0 Å². The van der Waals surface area contributed by atoms with E-state index in [4.69, 9.17) is 4.42 Å². The molecule has 6 nitrogen and oxygen atoms in total. The topological polar surface area (TPSA) is 76.7 Å². The predicted octanol–water partition coefficient (Wildman–Crippen LogP) is 2.28. The van der Waals surface area contributed by atoms with Crippen molar-refractivity contribution in [3.05, 3.63) is 24.0 Å². The fourth-order valence-corrected chi connectivity index (χ4v) is 1.94. The van der Waals surface area contributed by atoms with E-state index in [1.165, 1.54) is 11.8 Å². The molecular formula is C11H15N5OS. The summed E-state index contributed by atoms with van der Waals surface area (Å²) < 4.78 is 5.26. The lowest BCUT2D eigenvalue weighted by atomic mass is 10.4. The highest BCUT2D eigenvalue weighted by molar-refractivity contribution is 7.98. The Hall–Kier alpha value is -1.63. The first-order valence-electron chi connectivity index (χ1n) is 5.75. The molecule has 0 aliphatic rings. The molecule has 0 spiro atoms. The monoisotopic (exact) mass is 265 g/mol. The highest BCUT2D eigenvalue weighted by Gasteiger charge is 2.04. The summed E-state index contributed by atoms with van der Waals surface area (Å²) in [5.41, 5.74) is 0.887. The minimum Gasteiger partial charge on any atom is -0.416 e. The number of hydrogen-bond donors (Lipinski definition) is 1. The Bertz CT molecular complexity index is 484. The molecule has 0 atom stereocenters. The Morgan fingerprint density at radius 1 is 1.28 bits per heavy atom. The summed E-state index contributed by atoms with van der Waals surface area (Å²) in [6.07, 6.45) is 4.56. The predicted molar refractivity (Wildman–Crippen MR) is 69.4 cm³/mol. The third-order valence-electron chi connectivity index (χ3n) is 2.11. The summed E-state index contributed by atoms with van der Waals surface area (Å²) >= 11 is 1.45. The fourth-order valence-electron chi connectivity index (χ4n) is 1.25. The molecule has 18 heavy (non-hydrogen) atoms. The molecule has 0 saturated heterocycles. The first kappa shape index (κ1) is 12.8. The molecule has 7 heteroatoms. The van der Waals surface area contributed by atoms with Gasteiger partial charge in [-0.15, -0.1) is 10.2 Å². The summed E-state index contributed by atoms with van der Waals surface area (Å²) in [5.74, 6) is 2.05. The van der Waals surface area contributed by atoms with Crippen LogP contribution in [-0.4, -0.2) is 26.7 Å². The molecule has 0 aliphatic carbocycles. The summed E-state index contributed by atoms with van der Waals surface area (Å²) in [6.45, 7) is 4.78. The second-order valence-electron chi connectivity index (χ2n) is 3.70. The van der Waals surface area contributed by atoms with Gasteiger partial charge in [0.05, 0.1) is 18.1 Å². The molecule has 0 fully saturated rings. The molecule has 2 aromatic heterocycles. The van der Waals surface area contributed by atoms with Crippen LogP contribution in [0, 0.1) is 6.92 Å². The number of thioether (sulfide) groups is 1. The summed E-state index contributed by atoms with van der Waals surface area (Å²) in [4.78, 5) is 8.60. The lowest BCUT2D eigenvalue weighted by molar-refractivity contribution is 0.429. The highest BCUT2D eigenvalue weighted by atomic mass is 32.2. The molecule has 0 bridgehead atoms. The number of aryl methyl sites for hydroxylation is 1. The normalized spacial score (nSPS) is 10.6. The smallest absolute Gasteiger partial charge is 0.276 e. The zero-order valence-corrected chi connectivity index (χ0v) is 11.2. The van der Waals surface area contributed by atoms with E-state index in [0.717, 1.165) is 24.5 Å². The Balaban J connectivity index is 1.86. The first-order chi connectivity index (χ1) is 8.78. The van der Waals surface area contributed by atoms with E-state index in [0.29, 0.717) is 16.9 Å². The van der Waals surface area contributed by atoms with Gasteiger partial charge in [0.25, 0.3) is 5.22 Å². The second kappa shape index (κ2) is 6.34. The molecule has 0 amide bonds. The first-order valence-corrected chi connectivity index (χ1v) is 6.74. The third kappa shape index (κ3) is 3.69. The molecule has 0 saturated carbocycles. The van der Waals surface area contributed by atoms with Crippen molar-refractivity contribution >= 4 is 17.6 Å². The van der Waals surface area contributed by atoms with Gasteiger partial charge in [-0.05, 0) is 6.42 Å². The number of nitrogens with zero attached hydrogens (tertiary/aromatic N) is 4. The van der Waals surface area contributed by atoms with Gasteiger partial charge in [0, 0.05) is 19.2 Å². The average Bonchev–Trinajstić information content (AvgIpc) is 2.81. The van der Waals surface area contributed by atoms with Crippen LogP contribution < -0.4 is 5.32 Å². The van der Waals surface area contributed by atoms with Gasteiger partial charge in [0.1, 0.15) is 5.82 Å². The molecule has 2 heterocycles. The molecule has 2 aromatic rings. The van der Waals surface area contributed by atoms with Crippen molar-refractivity contribution in [2.45, 2.75) is 31.2 Å². The Kier molecular flexibility index (Phi) is 4.52. The number of aromatic nitrogens is 4. The van der Waals surface area contributed by atoms with Crippen LogP contribution in [0.25, 0.3) is 0 Å². The van der Waals surface area contributed by atoms with Crippen LogP contribution in [0.1, 0.15) is 24.9 Å². The summed E-state index contributed by atoms with van der Waals surface area (Å²) in [5, 5.41) is 11.4. The van der Waals surface area contributed by atoms with Gasteiger partial charge in [-0.1, -0.05) is 18.7 Å². The van der Waals surface area contributed by atoms with Crippen molar-refractivity contribution in [2.24, 2.45) is 0 Å². The van der Waals surface area contributed by atoms with Crippen LogP contribution in [0.5, 0.6) is 0 Å². The zero-order valence-electron chi connectivity index (χ0n) is 10.4. The van der Waals surface area contributed by atoms with Crippen molar-refractivity contribution in [2.75, 3.05) is 11.9 Å². The maximum absolute atomic E-state index is 5.26. The van der Waals surface area contributed by atoms with Gasteiger partial charge in [-0.2, -0.15) is 0 Å². The van der Waals surface area contributed by atoms with E-state index in [9.17, 15) is 0 Å². The molecule has 0 radical (unpaired) electrons. The van der Waals surface area contributed by atoms with Crippen molar-refractivity contribution in [3.63, 3.8) is 0 Å². The number of hydrogen-bond acceptors (Lipinski definition) is 7. The van der Waals surface area contributed by atoms with E-state index < -0.39 is 0 Å². The maximum atomic E-state index is 5.26. The van der Waals surface area contributed by atoms with Gasteiger partial charge in [-0.25, -0.2) is 4.98 Å². The van der Waals surface area contributed by atoms with E-state index >= 15 is 0 Å². The summed E-state index contributed by atoms with van der Waals surface area (Å²) in [7, 11) is 0. The maximum Gasteiger partial charge on any atom is 0.276 e. The van der Waals surface area contributed by atoms with Gasteiger partial charge in [-0.3, -0.25) is 4.98 Å². The Morgan fingerprint density at radius 3 is 2.78 bits per heavy atom. The minimum atomic E-state index is 0.558. The summed E-state index contributed by atoms with van der Waals surface area (Å²) in [6, 6.07) is 0. The van der Waals surface area contributed by atoms with Crippen LogP contribution in [0.4, 0.5) is 5.82 Å². The van der Waals surface area contributed by atoms with Crippen LogP contribution in [-0.2, 0) is 5.75 Å². The standard InChI is InChI=1S/C11H15N5OS/c1-3-4-12-10-6-13-9(5-14-10)7-18-11-16-15-8(2)17-11/h5-6H,3-4,7H2,1-2H3,(H,12,14). The van der Waals surface area contributed by atoms with E-state index in [-0.39, 0.29) is 0 Å². The molecule has 0 aromatic carbocycles. The van der Waals surface area contributed by atoms with Crippen molar-refractivity contribution < 1.29 is 4.42 Å². The minimum absolute atomic E-state index is 0.558. The van der Waals surface area contributed by atoms with Crippen molar-refractivity contribution in [3.8, 4) is 0 Å². The lowest BCUT2D eigenvalue weighted by Crippen LogP contribution is -2.02. The fraction of sp³-hybridized carbons (Fsp3) is 0.455. The van der Waals surface area contributed by atoms with Crippen molar-refractivity contribution in [1.29, 1.82) is 0 Å². The highest BCUT2D eigenvalue weighted by Crippen LogP contribution is 2.19. The zero-order chi connectivity index (χ0) is 12.8. The van der Waals surface area contributed by atoms with E-state index in [1.807, 2.05) is 0 Å². The molecule has 96 valence electrons. The molecule has 1 N–H and O–H groups in total. The Labute approximate surface area is 110 Å². The van der Waals surface area contributed by atoms with Gasteiger partial charge in [0.2, 0.25) is 5.89 Å². The lowest BCUT2D eigenvalue weighted by Gasteiger charge is -2.03. The van der Waals surface area contributed by atoms with Crippen LogP contribution in [0.3, 0.4) is 0 Å². The number of rotatable bonds is 6. The molecule has 0 aliphatic heterocycles. The van der Waals surface area contributed by atoms with E-state index in [2.05, 4.69) is 32.4 Å². The largest absolute Gasteiger partial charge is 0.416 e. The van der Waals surface area contributed by atoms with Crippen molar-refractivity contribution in [1.82, 2.24) is 20.2 Å². The second-order valence-corrected chi connectivity index (χ2v) is 4.62. The average molecular weight is 265 g/mol. The van der Waals surface area contributed by atoms with Crippen LogP contribution in [0.2, 0.25) is 0 Å². The molecule has 2 rings (SSSR count). The van der Waals surface area contributed by atoms with Gasteiger partial charge in [0.15, 0.2) is 0 Å². The third-order valence-corrected chi connectivity index (χ3v) is 2.96. The number of nitrogens with one attached hydrogen (secondary N) is 1. The van der Waals surface area contributed by atoms with Gasteiger partial charge >= 0.3 is 0 Å². The SMILES string of the molecule is CCCNc1cnc(CSc2nnc(C)o2)cn1. The Morgan fingerprint density at radius 2 is 2.17 bits per heavy atom. The van der Waals surface area contributed by atoms with Crippen LogP contribution >= 0.6 is 11.8 Å². The van der Waals surface area contributed by atoms with E-state index in [1.54, 1.807) is 19.3 Å². The molecule has 0 unspecified atom stereocenters. The quantitative estimate of drug-likeness (QED) is 0.803. The number of anilines is 1. The van der Waals surface area contributed by atoms with Gasteiger partial charge < -0.3 is 9.73 Å².